The molecule has 76 valence electrons. The first kappa shape index (κ1) is 11.7. The third-order valence-corrected chi connectivity index (χ3v) is 1.72. The fourth-order valence-corrected chi connectivity index (χ4v) is 1.07. The van der Waals surface area contributed by atoms with E-state index in [1.54, 1.807) is 0 Å². The van der Waals surface area contributed by atoms with Gasteiger partial charge in [-0.3, -0.25) is 4.79 Å². The van der Waals surface area contributed by atoms with Crippen molar-refractivity contribution in [3.05, 3.63) is 0 Å². The monoisotopic (exact) mass is 187 g/mol. The molecule has 0 aliphatic heterocycles. The highest BCUT2D eigenvalue weighted by molar-refractivity contribution is 6.01. The lowest BCUT2D eigenvalue weighted by Gasteiger charge is -2.13. The van der Waals surface area contributed by atoms with E-state index in [9.17, 15) is 4.79 Å². The van der Waals surface area contributed by atoms with Gasteiger partial charge in [0.25, 0.3) is 0 Å². The number of carbonyl (C=O) groups is 1. The molecule has 0 rings (SSSR count). The number of amidine groups is 1. The fourth-order valence-electron chi connectivity index (χ4n) is 1.07. The minimum Gasteiger partial charge on any atom is -0.409 e. The van der Waals surface area contributed by atoms with Gasteiger partial charge in [-0.25, -0.2) is 0 Å². The molecule has 0 saturated heterocycles. The first-order valence-corrected chi connectivity index (χ1v) is 4.42. The van der Waals surface area contributed by atoms with E-state index in [1.807, 2.05) is 13.8 Å². The minimum absolute atomic E-state index is 0.0206. The second-order valence-electron chi connectivity index (χ2n) is 2.76. The van der Waals surface area contributed by atoms with Gasteiger partial charge in [0.15, 0.2) is 5.84 Å². The number of nitrogens with zero attached hydrogens (tertiary/aromatic N) is 1. The summed E-state index contributed by atoms with van der Waals surface area (Å²) < 4.78 is 0. The Morgan fingerprint density at radius 3 is 2.62 bits per heavy atom. The van der Waals surface area contributed by atoms with E-state index in [1.165, 1.54) is 0 Å². The Labute approximate surface area is 78.0 Å². The molecule has 1 atom stereocenters. The van der Waals surface area contributed by atoms with Gasteiger partial charge in [0.2, 0.25) is 5.91 Å². The summed E-state index contributed by atoms with van der Waals surface area (Å²) in [5.74, 6) is -0.706. The number of rotatable bonds is 5. The number of nitrogens with one attached hydrogen (secondary N) is 1. The smallest absolute Gasteiger partial charge is 0.230 e. The summed E-state index contributed by atoms with van der Waals surface area (Å²) in [7, 11) is 0. The minimum atomic E-state index is -0.505. The van der Waals surface area contributed by atoms with E-state index in [0.717, 1.165) is 6.42 Å². The maximum Gasteiger partial charge on any atom is 0.230 e. The van der Waals surface area contributed by atoms with Gasteiger partial charge in [0.05, 0.1) is 5.92 Å². The summed E-state index contributed by atoms with van der Waals surface area (Å²) in [5.41, 5.74) is 5.37. The summed E-state index contributed by atoms with van der Waals surface area (Å²) in [6.07, 6.45) is 1.42. The van der Waals surface area contributed by atoms with Gasteiger partial charge in [-0.15, -0.1) is 0 Å². The van der Waals surface area contributed by atoms with Crippen LogP contribution >= 0.6 is 0 Å². The zero-order valence-corrected chi connectivity index (χ0v) is 8.08. The fraction of sp³-hybridized carbons (Fsp3) is 0.750. The Bertz CT molecular complexity index is 192. The van der Waals surface area contributed by atoms with Gasteiger partial charge in [0, 0.05) is 6.54 Å². The molecule has 0 radical (unpaired) electrons. The second kappa shape index (κ2) is 6.28. The molecule has 13 heavy (non-hydrogen) atoms. The SMILES string of the molecule is CCCC(C(=O)NCC)C(N)=NO. The van der Waals surface area contributed by atoms with Crippen LogP contribution in [0, 0.1) is 5.92 Å². The molecule has 1 amide bonds. The Kier molecular flexibility index (Phi) is 5.67. The summed E-state index contributed by atoms with van der Waals surface area (Å²) in [6, 6.07) is 0. The molecular formula is C8H17N3O2. The number of hydrogen-bond donors (Lipinski definition) is 3. The highest BCUT2D eigenvalue weighted by Crippen LogP contribution is 2.06. The van der Waals surface area contributed by atoms with Gasteiger partial charge in [-0.2, -0.15) is 0 Å². The van der Waals surface area contributed by atoms with Gasteiger partial charge in [-0.05, 0) is 13.3 Å². The number of amides is 1. The normalized spacial score (nSPS) is 13.8. The molecule has 0 aromatic rings. The molecule has 0 aromatic heterocycles. The Morgan fingerprint density at radius 2 is 2.23 bits per heavy atom. The van der Waals surface area contributed by atoms with E-state index in [-0.39, 0.29) is 11.7 Å². The molecule has 0 aromatic carbocycles. The first-order valence-electron chi connectivity index (χ1n) is 4.42. The Balaban J connectivity index is 4.32. The van der Waals surface area contributed by atoms with Crippen molar-refractivity contribution in [2.75, 3.05) is 6.54 Å². The Morgan fingerprint density at radius 1 is 1.62 bits per heavy atom. The first-order chi connectivity index (χ1) is 6.17. The lowest BCUT2D eigenvalue weighted by molar-refractivity contribution is -0.123. The van der Waals surface area contributed by atoms with Crippen LogP contribution in [0.2, 0.25) is 0 Å². The molecule has 0 bridgehead atoms. The molecule has 1 unspecified atom stereocenters. The molecule has 5 heteroatoms. The van der Waals surface area contributed by atoms with Crippen LogP contribution in [-0.4, -0.2) is 23.5 Å². The van der Waals surface area contributed by atoms with Gasteiger partial charge >= 0.3 is 0 Å². The molecule has 0 saturated carbocycles. The summed E-state index contributed by atoms with van der Waals surface area (Å²) in [4.78, 5) is 11.4. The van der Waals surface area contributed by atoms with Crippen LogP contribution in [0.15, 0.2) is 5.16 Å². The van der Waals surface area contributed by atoms with Crippen molar-refractivity contribution in [3.8, 4) is 0 Å². The molecule has 0 fully saturated rings. The van der Waals surface area contributed by atoms with Crippen molar-refractivity contribution < 1.29 is 10.0 Å². The highest BCUT2D eigenvalue weighted by Gasteiger charge is 2.21. The molecule has 0 aliphatic rings. The topological polar surface area (TPSA) is 87.7 Å². The van der Waals surface area contributed by atoms with Crippen LogP contribution in [0.3, 0.4) is 0 Å². The molecule has 5 nitrogen and oxygen atoms in total. The largest absolute Gasteiger partial charge is 0.409 e. The lowest BCUT2D eigenvalue weighted by atomic mass is 10.0. The third-order valence-electron chi connectivity index (χ3n) is 1.72. The van der Waals surface area contributed by atoms with E-state index in [4.69, 9.17) is 10.9 Å². The number of oxime groups is 1. The number of carbonyl (C=O) groups excluding carboxylic acids is 1. The number of nitrogens with two attached hydrogens (primary N) is 1. The molecule has 0 spiro atoms. The van der Waals surface area contributed by atoms with Crippen LogP contribution in [0.1, 0.15) is 26.7 Å². The molecule has 0 heterocycles. The molecule has 0 aliphatic carbocycles. The maximum atomic E-state index is 11.4. The van der Waals surface area contributed by atoms with E-state index < -0.39 is 5.92 Å². The third kappa shape index (κ3) is 3.78. The summed E-state index contributed by atoms with van der Waals surface area (Å²) in [6.45, 7) is 4.32. The van der Waals surface area contributed by atoms with Gasteiger partial charge in [-0.1, -0.05) is 18.5 Å². The van der Waals surface area contributed by atoms with Crippen molar-refractivity contribution in [2.45, 2.75) is 26.7 Å². The van der Waals surface area contributed by atoms with Crippen molar-refractivity contribution >= 4 is 11.7 Å². The van der Waals surface area contributed by atoms with E-state index in [2.05, 4.69) is 10.5 Å². The predicted octanol–water partition coefficient (Wildman–Crippen LogP) is 0.285. The van der Waals surface area contributed by atoms with Crippen molar-refractivity contribution in [1.29, 1.82) is 0 Å². The van der Waals surface area contributed by atoms with Crippen molar-refractivity contribution in [1.82, 2.24) is 5.32 Å². The van der Waals surface area contributed by atoms with Crippen LogP contribution in [0.5, 0.6) is 0 Å². The van der Waals surface area contributed by atoms with Crippen LogP contribution in [0.25, 0.3) is 0 Å². The van der Waals surface area contributed by atoms with Crippen LogP contribution < -0.4 is 11.1 Å². The summed E-state index contributed by atoms with van der Waals surface area (Å²) >= 11 is 0. The zero-order valence-electron chi connectivity index (χ0n) is 8.08. The molecule has 4 N–H and O–H groups in total. The van der Waals surface area contributed by atoms with Crippen molar-refractivity contribution in [3.63, 3.8) is 0 Å². The van der Waals surface area contributed by atoms with Gasteiger partial charge < -0.3 is 16.3 Å². The average molecular weight is 187 g/mol. The van der Waals surface area contributed by atoms with Crippen LogP contribution in [-0.2, 0) is 4.79 Å². The quantitative estimate of drug-likeness (QED) is 0.250. The lowest BCUT2D eigenvalue weighted by Crippen LogP contribution is -2.38. The standard InChI is InChI=1S/C8H17N3O2/c1-3-5-6(7(9)11-13)8(12)10-4-2/h6,13H,3-5H2,1-2H3,(H2,9,11)(H,10,12). The summed E-state index contributed by atoms with van der Waals surface area (Å²) in [5, 5.41) is 13.9. The van der Waals surface area contributed by atoms with Crippen LogP contribution in [0.4, 0.5) is 0 Å². The second-order valence-corrected chi connectivity index (χ2v) is 2.76. The maximum absolute atomic E-state index is 11.4. The van der Waals surface area contributed by atoms with Crippen molar-refractivity contribution in [2.24, 2.45) is 16.8 Å². The zero-order chi connectivity index (χ0) is 10.3. The van der Waals surface area contributed by atoms with E-state index >= 15 is 0 Å². The average Bonchev–Trinajstić information content (AvgIpc) is 2.13. The highest BCUT2D eigenvalue weighted by atomic mass is 16.4. The number of hydrogen-bond acceptors (Lipinski definition) is 3. The Hall–Kier alpha value is -1.26. The molecular weight excluding hydrogens is 170 g/mol. The van der Waals surface area contributed by atoms with E-state index in [0.29, 0.717) is 13.0 Å². The predicted molar refractivity (Wildman–Crippen MR) is 50.5 cm³/mol. The van der Waals surface area contributed by atoms with Gasteiger partial charge in [0.1, 0.15) is 0 Å².